The molecule has 0 aromatic heterocycles. The number of benzene rings is 3. The second kappa shape index (κ2) is 5.39. The third kappa shape index (κ3) is 2.68. The van der Waals surface area contributed by atoms with Crippen molar-refractivity contribution in [3.05, 3.63) is 72.3 Å². The summed E-state index contributed by atoms with van der Waals surface area (Å²) < 4.78 is 0. The molecule has 3 N–H and O–H groups in total. The van der Waals surface area contributed by atoms with Crippen LogP contribution >= 0.6 is 11.8 Å². The second-order valence-corrected chi connectivity index (χ2v) is 5.70. The fourth-order valence-corrected chi connectivity index (χ4v) is 2.94. The van der Waals surface area contributed by atoms with Crippen molar-refractivity contribution in [2.45, 2.75) is 9.79 Å². The molecular weight excluding hydrogens is 264 g/mol. The minimum Gasteiger partial charge on any atom is -0.384 e. The van der Waals surface area contributed by atoms with E-state index < -0.39 is 0 Å². The number of amidine groups is 1. The number of nitrogen functional groups attached to an aromatic ring is 1. The molecular formula is C17H14N2S. The van der Waals surface area contributed by atoms with Gasteiger partial charge < -0.3 is 5.73 Å². The van der Waals surface area contributed by atoms with Crippen molar-refractivity contribution in [2.75, 3.05) is 0 Å². The van der Waals surface area contributed by atoms with Gasteiger partial charge in [0.2, 0.25) is 0 Å². The molecule has 0 bridgehead atoms. The lowest BCUT2D eigenvalue weighted by Gasteiger charge is -2.05. The molecule has 20 heavy (non-hydrogen) atoms. The minimum absolute atomic E-state index is 0.104. The molecule has 0 saturated carbocycles. The van der Waals surface area contributed by atoms with E-state index in [9.17, 15) is 0 Å². The monoisotopic (exact) mass is 278 g/mol. The van der Waals surface area contributed by atoms with E-state index in [2.05, 4.69) is 42.5 Å². The summed E-state index contributed by atoms with van der Waals surface area (Å²) in [5, 5.41) is 9.89. The number of rotatable bonds is 3. The predicted octanol–water partition coefficient (Wildman–Crippen LogP) is 4.28. The topological polar surface area (TPSA) is 49.9 Å². The fourth-order valence-electron chi connectivity index (χ4n) is 2.07. The van der Waals surface area contributed by atoms with Gasteiger partial charge in [0.25, 0.3) is 0 Å². The van der Waals surface area contributed by atoms with Crippen molar-refractivity contribution in [1.29, 1.82) is 5.41 Å². The average Bonchev–Trinajstić information content (AvgIpc) is 2.48. The normalized spacial score (nSPS) is 10.6. The van der Waals surface area contributed by atoms with Gasteiger partial charge in [-0.25, -0.2) is 0 Å². The van der Waals surface area contributed by atoms with E-state index in [1.165, 1.54) is 15.7 Å². The Labute approximate surface area is 122 Å². The first kappa shape index (κ1) is 12.8. The number of nitrogens with one attached hydrogen (secondary N) is 1. The van der Waals surface area contributed by atoms with Crippen LogP contribution in [0.4, 0.5) is 0 Å². The Hall–Kier alpha value is -2.26. The highest BCUT2D eigenvalue weighted by Gasteiger charge is 2.01. The zero-order valence-corrected chi connectivity index (χ0v) is 11.7. The van der Waals surface area contributed by atoms with E-state index in [0.717, 1.165) is 10.5 Å². The first-order chi connectivity index (χ1) is 9.72. The molecule has 2 nitrogen and oxygen atoms in total. The highest BCUT2D eigenvalue weighted by atomic mass is 32.2. The van der Waals surface area contributed by atoms with Gasteiger partial charge in [0.05, 0.1) is 0 Å². The molecule has 3 aromatic carbocycles. The Kier molecular flexibility index (Phi) is 3.44. The molecule has 98 valence electrons. The molecule has 0 unspecified atom stereocenters. The van der Waals surface area contributed by atoms with Crippen LogP contribution in [-0.4, -0.2) is 5.84 Å². The van der Waals surface area contributed by atoms with Crippen LogP contribution in [0.3, 0.4) is 0 Å². The van der Waals surface area contributed by atoms with Crippen molar-refractivity contribution in [2.24, 2.45) is 5.73 Å². The summed E-state index contributed by atoms with van der Waals surface area (Å²) in [4.78, 5) is 2.35. The molecule has 3 heteroatoms. The highest BCUT2D eigenvalue weighted by molar-refractivity contribution is 7.99. The molecule has 0 aliphatic carbocycles. The molecule has 0 atom stereocenters. The van der Waals surface area contributed by atoms with Crippen LogP contribution in [-0.2, 0) is 0 Å². The molecule has 0 heterocycles. The first-order valence-electron chi connectivity index (χ1n) is 6.33. The van der Waals surface area contributed by atoms with Crippen LogP contribution in [0.5, 0.6) is 0 Å². The number of fused-ring (bicyclic) bond motifs is 1. The molecule has 0 spiro atoms. The van der Waals surface area contributed by atoms with Gasteiger partial charge >= 0.3 is 0 Å². The van der Waals surface area contributed by atoms with E-state index in [1.807, 2.05) is 24.3 Å². The van der Waals surface area contributed by atoms with Gasteiger partial charge in [-0.1, -0.05) is 54.2 Å². The number of hydrogen-bond donors (Lipinski definition) is 2. The molecule has 0 saturated heterocycles. The zero-order valence-electron chi connectivity index (χ0n) is 10.8. The lowest BCUT2D eigenvalue weighted by Crippen LogP contribution is -2.10. The van der Waals surface area contributed by atoms with Crippen LogP contribution in [0.1, 0.15) is 5.56 Å². The van der Waals surface area contributed by atoms with E-state index in [0.29, 0.717) is 0 Å². The van der Waals surface area contributed by atoms with Gasteiger partial charge in [-0.2, -0.15) is 0 Å². The van der Waals surface area contributed by atoms with Gasteiger partial charge in [0, 0.05) is 15.4 Å². The maximum absolute atomic E-state index is 7.39. The molecule has 0 aliphatic rings. The summed E-state index contributed by atoms with van der Waals surface area (Å²) in [7, 11) is 0. The summed E-state index contributed by atoms with van der Waals surface area (Å²) in [6, 6.07) is 22.6. The van der Waals surface area contributed by atoms with Crippen LogP contribution in [0.2, 0.25) is 0 Å². The summed E-state index contributed by atoms with van der Waals surface area (Å²) in [5.74, 6) is 0.104. The van der Waals surface area contributed by atoms with Crippen LogP contribution in [0.25, 0.3) is 10.8 Å². The number of nitrogens with two attached hydrogens (primary N) is 1. The highest BCUT2D eigenvalue weighted by Crippen LogP contribution is 2.30. The first-order valence-corrected chi connectivity index (χ1v) is 7.15. The Morgan fingerprint density at radius 3 is 2.15 bits per heavy atom. The van der Waals surface area contributed by atoms with Crippen molar-refractivity contribution in [1.82, 2.24) is 0 Å². The van der Waals surface area contributed by atoms with Crippen LogP contribution in [0.15, 0.2) is 76.5 Å². The third-order valence-corrected chi connectivity index (χ3v) is 4.12. The zero-order chi connectivity index (χ0) is 13.9. The summed E-state index contributed by atoms with van der Waals surface area (Å²) in [5.41, 5.74) is 6.21. The SMILES string of the molecule is N=C(N)c1ccc(Sc2ccc3ccccc3c2)cc1. The van der Waals surface area contributed by atoms with E-state index in [1.54, 1.807) is 11.8 Å². The van der Waals surface area contributed by atoms with E-state index >= 15 is 0 Å². The largest absolute Gasteiger partial charge is 0.384 e. The Balaban J connectivity index is 1.87. The lowest BCUT2D eigenvalue weighted by atomic mass is 10.1. The quantitative estimate of drug-likeness (QED) is 0.555. The average molecular weight is 278 g/mol. The summed E-state index contributed by atoms with van der Waals surface area (Å²) in [6.45, 7) is 0. The van der Waals surface area contributed by atoms with Crippen molar-refractivity contribution < 1.29 is 0 Å². The van der Waals surface area contributed by atoms with Gasteiger partial charge in [-0.15, -0.1) is 0 Å². The summed E-state index contributed by atoms with van der Waals surface area (Å²) in [6.07, 6.45) is 0. The van der Waals surface area contributed by atoms with E-state index in [4.69, 9.17) is 11.1 Å². The molecule has 0 amide bonds. The van der Waals surface area contributed by atoms with Gasteiger partial charge in [0.15, 0.2) is 0 Å². The minimum atomic E-state index is 0.104. The molecule has 3 aromatic rings. The van der Waals surface area contributed by atoms with Gasteiger partial charge in [-0.3, -0.25) is 5.41 Å². The predicted molar refractivity (Wildman–Crippen MR) is 85.5 cm³/mol. The molecule has 0 radical (unpaired) electrons. The van der Waals surface area contributed by atoms with E-state index in [-0.39, 0.29) is 5.84 Å². The Bertz CT molecular complexity index is 763. The molecule has 0 fully saturated rings. The maximum Gasteiger partial charge on any atom is 0.122 e. The fraction of sp³-hybridized carbons (Fsp3) is 0. The standard InChI is InChI=1S/C17H14N2S/c18-17(19)13-6-8-15(9-7-13)20-16-10-5-12-3-1-2-4-14(12)11-16/h1-11H,(H3,18,19). The van der Waals surface area contributed by atoms with Crippen molar-refractivity contribution in [3.8, 4) is 0 Å². The number of hydrogen-bond acceptors (Lipinski definition) is 2. The van der Waals surface area contributed by atoms with Crippen molar-refractivity contribution in [3.63, 3.8) is 0 Å². The van der Waals surface area contributed by atoms with Crippen LogP contribution in [0, 0.1) is 5.41 Å². The Morgan fingerprint density at radius 1 is 0.800 bits per heavy atom. The maximum atomic E-state index is 7.39. The summed E-state index contributed by atoms with van der Waals surface area (Å²) >= 11 is 1.71. The van der Waals surface area contributed by atoms with Crippen LogP contribution < -0.4 is 5.73 Å². The lowest BCUT2D eigenvalue weighted by molar-refractivity contribution is 1.38. The van der Waals surface area contributed by atoms with Gasteiger partial charge in [-0.05, 0) is 35.0 Å². The third-order valence-electron chi connectivity index (χ3n) is 3.12. The molecule has 3 rings (SSSR count). The molecule has 0 aliphatic heterocycles. The van der Waals surface area contributed by atoms with Crippen molar-refractivity contribution >= 4 is 28.4 Å². The van der Waals surface area contributed by atoms with Gasteiger partial charge in [0.1, 0.15) is 5.84 Å². The second-order valence-electron chi connectivity index (χ2n) is 4.55. The Morgan fingerprint density at radius 2 is 1.45 bits per heavy atom. The smallest absolute Gasteiger partial charge is 0.122 e.